The predicted molar refractivity (Wildman–Crippen MR) is 70.3 cm³/mol. The maximum absolute atomic E-state index is 13.0. The lowest BCUT2D eigenvalue weighted by Crippen LogP contribution is -2.01. The highest BCUT2D eigenvalue weighted by Gasteiger charge is 2.11. The Labute approximate surface area is 113 Å². The molecule has 1 aromatic carbocycles. The zero-order chi connectivity index (χ0) is 13.1. The Bertz CT molecular complexity index is 580. The van der Waals surface area contributed by atoms with E-state index in [2.05, 4.69) is 0 Å². The second kappa shape index (κ2) is 5.50. The average molecular weight is 285 g/mol. The minimum Gasteiger partial charge on any atom is -0.496 e. The van der Waals surface area contributed by atoms with Gasteiger partial charge in [0.1, 0.15) is 11.6 Å². The topological polar surface area (TPSA) is 26.3 Å². The fourth-order valence-corrected chi connectivity index (χ4v) is 2.49. The molecular weight excluding hydrogens is 275 g/mol. The van der Waals surface area contributed by atoms with E-state index in [1.807, 2.05) is 0 Å². The van der Waals surface area contributed by atoms with E-state index in [9.17, 15) is 9.18 Å². The number of rotatable bonds is 4. The standard InChI is InChI=1S/C13H10ClFO2S/c1-17-9-6-13(18-7-9)12(16)5-8-2-3-11(15)10(14)4-8/h2-4,6-7H,5H2,1H3. The number of carbonyl (C=O) groups is 1. The molecule has 0 aliphatic rings. The molecule has 2 aromatic rings. The van der Waals surface area contributed by atoms with Gasteiger partial charge < -0.3 is 4.74 Å². The summed E-state index contributed by atoms with van der Waals surface area (Å²) in [6.07, 6.45) is 0.198. The molecule has 5 heteroatoms. The number of hydrogen-bond acceptors (Lipinski definition) is 3. The first-order valence-corrected chi connectivity index (χ1v) is 6.45. The van der Waals surface area contributed by atoms with Crippen molar-refractivity contribution in [2.45, 2.75) is 6.42 Å². The monoisotopic (exact) mass is 284 g/mol. The molecule has 0 amide bonds. The number of carbonyl (C=O) groups excluding carboxylic acids is 1. The van der Waals surface area contributed by atoms with Crippen molar-refractivity contribution < 1.29 is 13.9 Å². The van der Waals surface area contributed by atoms with Gasteiger partial charge in [0.25, 0.3) is 0 Å². The number of ether oxygens (including phenoxy) is 1. The Morgan fingerprint density at radius 3 is 2.83 bits per heavy atom. The molecule has 0 atom stereocenters. The van der Waals surface area contributed by atoms with Gasteiger partial charge in [-0.05, 0) is 17.7 Å². The van der Waals surface area contributed by atoms with Gasteiger partial charge in [-0.2, -0.15) is 0 Å². The molecule has 0 saturated carbocycles. The third-order valence-electron chi connectivity index (χ3n) is 2.43. The molecule has 94 valence electrons. The number of ketones is 1. The van der Waals surface area contributed by atoms with Gasteiger partial charge in [0.05, 0.1) is 17.0 Å². The number of methoxy groups -OCH3 is 1. The molecule has 0 unspecified atom stereocenters. The lowest BCUT2D eigenvalue weighted by atomic mass is 10.1. The van der Waals surface area contributed by atoms with Gasteiger partial charge in [-0.1, -0.05) is 17.7 Å². The van der Waals surface area contributed by atoms with Crippen LogP contribution >= 0.6 is 22.9 Å². The molecule has 0 radical (unpaired) electrons. The smallest absolute Gasteiger partial charge is 0.177 e. The van der Waals surface area contributed by atoms with Gasteiger partial charge in [0, 0.05) is 17.9 Å². The zero-order valence-corrected chi connectivity index (χ0v) is 11.1. The fourth-order valence-electron chi connectivity index (χ4n) is 1.49. The Morgan fingerprint density at radius 1 is 1.44 bits per heavy atom. The maximum atomic E-state index is 13.0. The zero-order valence-electron chi connectivity index (χ0n) is 9.57. The highest BCUT2D eigenvalue weighted by molar-refractivity contribution is 7.12. The van der Waals surface area contributed by atoms with E-state index in [0.29, 0.717) is 16.2 Å². The summed E-state index contributed by atoms with van der Waals surface area (Å²) in [5.41, 5.74) is 0.693. The first kappa shape index (κ1) is 13.1. The molecule has 0 aliphatic heterocycles. The van der Waals surface area contributed by atoms with E-state index in [4.69, 9.17) is 16.3 Å². The van der Waals surface area contributed by atoms with Crippen LogP contribution in [0, 0.1) is 5.82 Å². The average Bonchev–Trinajstić information content (AvgIpc) is 2.82. The Balaban J connectivity index is 2.13. The molecule has 0 saturated heterocycles. The van der Waals surface area contributed by atoms with Crippen LogP contribution in [0.3, 0.4) is 0 Å². The largest absolute Gasteiger partial charge is 0.496 e. The van der Waals surface area contributed by atoms with E-state index < -0.39 is 5.82 Å². The summed E-state index contributed by atoms with van der Waals surface area (Å²) >= 11 is 6.99. The summed E-state index contributed by atoms with van der Waals surface area (Å²) in [7, 11) is 1.55. The van der Waals surface area contributed by atoms with Crippen molar-refractivity contribution in [2.24, 2.45) is 0 Å². The first-order chi connectivity index (χ1) is 8.60. The van der Waals surface area contributed by atoms with Crippen LogP contribution in [-0.2, 0) is 6.42 Å². The third-order valence-corrected chi connectivity index (χ3v) is 3.67. The molecule has 0 aliphatic carbocycles. The van der Waals surface area contributed by atoms with Crippen molar-refractivity contribution in [3.05, 3.63) is 50.9 Å². The fraction of sp³-hybridized carbons (Fsp3) is 0.154. The Hall–Kier alpha value is -1.39. The normalized spacial score (nSPS) is 10.4. The molecule has 0 fully saturated rings. The van der Waals surface area contributed by atoms with Gasteiger partial charge in [0.2, 0.25) is 0 Å². The second-order valence-corrected chi connectivity index (χ2v) is 5.02. The summed E-state index contributed by atoms with van der Waals surface area (Å²) in [5, 5.41) is 1.80. The molecular formula is C13H10ClFO2S. The van der Waals surface area contributed by atoms with Gasteiger partial charge >= 0.3 is 0 Å². The van der Waals surface area contributed by atoms with E-state index in [1.54, 1.807) is 24.6 Å². The molecule has 1 heterocycles. The van der Waals surface area contributed by atoms with Crippen LogP contribution in [0.4, 0.5) is 4.39 Å². The predicted octanol–water partition coefficient (Wildman–Crippen LogP) is 3.97. The lowest BCUT2D eigenvalue weighted by molar-refractivity contribution is 0.0996. The summed E-state index contributed by atoms with van der Waals surface area (Å²) in [5.74, 6) is 0.150. The van der Waals surface area contributed by atoms with Crippen molar-refractivity contribution in [2.75, 3.05) is 7.11 Å². The van der Waals surface area contributed by atoms with Gasteiger partial charge in [-0.3, -0.25) is 4.79 Å². The minimum absolute atomic E-state index is 0.0315. The summed E-state index contributed by atoms with van der Waals surface area (Å²) in [6.45, 7) is 0. The summed E-state index contributed by atoms with van der Waals surface area (Å²) < 4.78 is 18.0. The molecule has 2 nitrogen and oxygen atoms in total. The number of thiophene rings is 1. The molecule has 1 aromatic heterocycles. The maximum Gasteiger partial charge on any atom is 0.177 e. The van der Waals surface area contributed by atoms with E-state index >= 15 is 0 Å². The lowest BCUT2D eigenvalue weighted by Gasteiger charge is -2.01. The van der Waals surface area contributed by atoms with Crippen molar-refractivity contribution in [1.29, 1.82) is 0 Å². The van der Waals surface area contributed by atoms with Gasteiger partial charge in [0.15, 0.2) is 5.78 Å². The van der Waals surface area contributed by atoms with Crippen LogP contribution in [0.1, 0.15) is 15.2 Å². The number of Topliss-reactive ketones (excluding diaryl/α,β-unsaturated/α-hetero) is 1. The van der Waals surface area contributed by atoms with Crippen molar-refractivity contribution in [1.82, 2.24) is 0 Å². The summed E-state index contributed by atoms with van der Waals surface area (Å²) in [6, 6.07) is 5.99. The summed E-state index contributed by atoms with van der Waals surface area (Å²) in [4.78, 5) is 12.6. The Kier molecular flexibility index (Phi) is 3.99. The molecule has 0 bridgehead atoms. The number of benzene rings is 1. The highest BCUT2D eigenvalue weighted by atomic mass is 35.5. The van der Waals surface area contributed by atoms with Gasteiger partial charge in [-0.15, -0.1) is 11.3 Å². The quantitative estimate of drug-likeness (QED) is 0.794. The van der Waals surface area contributed by atoms with Crippen molar-refractivity contribution >= 4 is 28.7 Å². The van der Waals surface area contributed by atoms with Gasteiger partial charge in [-0.25, -0.2) is 4.39 Å². The first-order valence-electron chi connectivity index (χ1n) is 5.20. The molecule has 0 N–H and O–H groups in total. The number of halogens is 2. The minimum atomic E-state index is -0.481. The second-order valence-electron chi connectivity index (χ2n) is 3.70. The van der Waals surface area contributed by atoms with E-state index in [1.165, 1.54) is 23.5 Å². The van der Waals surface area contributed by atoms with Crippen LogP contribution < -0.4 is 4.74 Å². The van der Waals surface area contributed by atoms with Crippen LogP contribution in [0.15, 0.2) is 29.6 Å². The SMILES string of the molecule is COc1csc(C(=O)Cc2ccc(F)c(Cl)c2)c1. The number of hydrogen-bond donors (Lipinski definition) is 0. The molecule has 2 rings (SSSR count). The third kappa shape index (κ3) is 2.89. The van der Waals surface area contributed by atoms with Crippen LogP contribution in [0.25, 0.3) is 0 Å². The van der Waals surface area contributed by atoms with Crippen LogP contribution in [0.2, 0.25) is 5.02 Å². The van der Waals surface area contributed by atoms with Crippen molar-refractivity contribution in [3.8, 4) is 5.75 Å². The molecule has 18 heavy (non-hydrogen) atoms. The Morgan fingerprint density at radius 2 is 2.22 bits per heavy atom. The van der Waals surface area contributed by atoms with Crippen LogP contribution in [0.5, 0.6) is 5.75 Å². The van der Waals surface area contributed by atoms with E-state index in [0.717, 1.165) is 0 Å². The highest BCUT2D eigenvalue weighted by Crippen LogP contribution is 2.23. The van der Waals surface area contributed by atoms with Crippen LogP contribution in [-0.4, -0.2) is 12.9 Å². The van der Waals surface area contributed by atoms with Crippen molar-refractivity contribution in [3.63, 3.8) is 0 Å². The van der Waals surface area contributed by atoms with E-state index in [-0.39, 0.29) is 17.2 Å². The molecule has 0 spiro atoms.